The zero-order valence-corrected chi connectivity index (χ0v) is 13.7. The van der Waals surface area contributed by atoms with Crippen LogP contribution in [0.1, 0.15) is 24.8 Å². The molecule has 126 valence electrons. The van der Waals surface area contributed by atoms with Crippen molar-refractivity contribution < 1.29 is 13.3 Å². The van der Waals surface area contributed by atoms with E-state index in [9.17, 15) is 18.5 Å². The molecule has 1 N–H and O–H groups in total. The number of nitro groups is 1. The van der Waals surface area contributed by atoms with Crippen LogP contribution in [0.25, 0.3) is 0 Å². The fourth-order valence-electron chi connectivity index (χ4n) is 3.04. The zero-order chi connectivity index (χ0) is 16.4. The molecular formula is C15H21N3O4S. The number of hydrogen-bond acceptors (Lipinski definition) is 5. The molecule has 1 saturated heterocycles. The van der Waals surface area contributed by atoms with Gasteiger partial charge in [-0.05, 0) is 37.3 Å². The molecule has 2 fully saturated rings. The van der Waals surface area contributed by atoms with Crippen LogP contribution in [0.3, 0.4) is 0 Å². The second kappa shape index (κ2) is 6.54. The highest BCUT2D eigenvalue weighted by atomic mass is 32.2. The molecule has 0 bridgehead atoms. The molecule has 0 aromatic heterocycles. The number of rotatable bonds is 7. The number of non-ortho nitro benzene ring substituents is 1. The number of sulfonamides is 1. The van der Waals surface area contributed by atoms with Crippen molar-refractivity contribution in [1.29, 1.82) is 0 Å². The van der Waals surface area contributed by atoms with Gasteiger partial charge in [-0.15, -0.1) is 0 Å². The summed E-state index contributed by atoms with van der Waals surface area (Å²) in [5.74, 6) is 0.573. The quantitative estimate of drug-likeness (QED) is 0.600. The van der Waals surface area contributed by atoms with E-state index < -0.39 is 14.9 Å². The van der Waals surface area contributed by atoms with Gasteiger partial charge in [0.2, 0.25) is 10.0 Å². The fourth-order valence-corrected chi connectivity index (χ4v) is 4.44. The summed E-state index contributed by atoms with van der Waals surface area (Å²) in [6.07, 6.45) is 3.40. The molecule has 3 rings (SSSR count). The van der Waals surface area contributed by atoms with E-state index in [0.717, 1.165) is 32.0 Å². The van der Waals surface area contributed by atoms with Crippen LogP contribution in [0.5, 0.6) is 0 Å². The number of hydrogen-bond donors (Lipinski definition) is 1. The standard InChI is InChI=1S/C15H21N3O4S/c19-18(20)15-3-1-2-13(8-15)11-23(21,22)16-14-6-7-17(10-14)9-12-4-5-12/h1-3,8,12,14,16H,4-7,9-11H2. The fraction of sp³-hybridized carbons (Fsp3) is 0.600. The second-order valence-electron chi connectivity index (χ2n) is 6.49. The van der Waals surface area contributed by atoms with Crippen molar-refractivity contribution in [3.63, 3.8) is 0 Å². The lowest BCUT2D eigenvalue weighted by Gasteiger charge is -2.16. The highest BCUT2D eigenvalue weighted by Gasteiger charge is 2.31. The Kier molecular flexibility index (Phi) is 4.65. The van der Waals surface area contributed by atoms with Gasteiger partial charge in [0, 0.05) is 31.3 Å². The Balaban J connectivity index is 1.56. The first-order valence-corrected chi connectivity index (χ1v) is 9.52. The van der Waals surface area contributed by atoms with Crippen LogP contribution in [0, 0.1) is 16.0 Å². The Hall–Kier alpha value is -1.51. The maximum absolute atomic E-state index is 12.3. The van der Waals surface area contributed by atoms with Gasteiger partial charge < -0.3 is 4.90 Å². The third kappa shape index (κ3) is 4.73. The lowest BCUT2D eigenvalue weighted by atomic mass is 10.2. The van der Waals surface area contributed by atoms with Crippen LogP contribution in [0.15, 0.2) is 24.3 Å². The van der Waals surface area contributed by atoms with Crippen LogP contribution in [-0.4, -0.2) is 43.9 Å². The van der Waals surface area contributed by atoms with E-state index in [4.69, 9.17) is 0 Å². The van der Waals surface area contributed by atoms with E-state index in [0.29, 0.717) is 5.56 Å². The number of likely N-dealkylation sites (tertiary alicyclic amines) is 1. The topological polar surface area (TPSA) is 92.5 Å². The van der Waals surface area contributed by atoms with Gasteiger partial charge in [0.15, 0.2) is 0 Å². The summed E-state index contributed by atoms with van der Waals surface area (Å²) in [4.78, 5) is 12.6. The molecule has 1 atom stereocenters. The van der Waals surface area contributed by atoms with Crippen LogP contribution < -0.4 is 4.72 Å². The highest BCUT2D eigenvalue weighted by Crippen LogP contribution is 2.30. The van der Waals surface area contributed by atoms with E-state index in [-0.39, 0.29) is 17.5 Å². The Morgan fingerprint density at radius 1 is 1.30 bits per heavy atom. The average molecular weight is 339 g/mol. The first-order chi connectivity index (χ1) is 10.9. The van der Waals surface area contributed by atoms with Gasteiger partial charge in [0.1, 0.15) is 0 Å². The molecular weight excluding hydrogens is 318 g/mol. The van der Waals surface area contributed by atoms with Crippen molar-refractivity contribution in [2.24, 2.45) is 5.92 Å². The van der Waals surface area contributed by atoms with E-state index in [2.05, 4.69) is 9.62 Å². The maximum atomic E-state index is 12.3. The average Bonchev–Trinajstić information content (AvgIpc) is 3.18. The van der Waals surface area contributed by atoms with Crippen molar-refractivity contribution >= 4 is 15.7 Å². The molecule has 1 unspecified atom stereocenters. The predicted molar refractivity (Wildman–Crippen MR) is 86.4 cm³/mol. The first kappa shape index (κ1) is 16.4. The molecule has 7 nitrogen and oxygen atoms in total. The minimum Gasteiger partial charge on any atom is -0.301 e. The minimum absolute atomic E-state index is 0.0579. The summed E-state index contributed by atoms with van der Waals surface area (Å²) >= 11 is 0. The van der Waals surface area contributed by atoms with Crippen LogP contribution in [-0.2, 0) is 15.8 Å². The zero-order valence-electron chi connectivity index (χ0n) is 12.8. The third-order valence-electron chi connectivity index (χ3n) is 4.31. The largest absolute Gasteiger partial charge is 0.301 e. The Morgan fingerprint density at radius 3 is 2.78 bits per heavy atom. The van der Waals surface area contributed by atoms with Gasteiger partial charge in [-0.1, -0.05) is 12.1 Å². The first-order valence-electron chi connectivity index (χ1n) is 7.87. The molecule has 1 aliphatic heterocycles. The van der Waals surface area contributed by atoms with Crippen LogP contribution in [0.2, 0.25) is 0 Å². The molecule has 0 spiro atoms. The Morgan fingerprint density at radius 2 is 2.09 bits per heavy atom. The number of nitrogens with one attached hydrogen (secondary N) is 1. The molecule has 1 aromatic rings. The lowest BCUT2D eigenvalue weighted by molar-refractivity contribution is -0.384. The smallest absolute Gasteiger partial charge is 0.269 e. The van der Waals surface area contributed by atoms with Crippen LogP contribution in [0.4, 0.5) is 5.69 Å². The normalized spacial score (nSPS) is 22.3. The van der Waals surface area contributed by atoms with E-state index in [1.165, 1.54) is 31.0 Å². The van der Waals surface area contributed by atoms with Gasteiger partial charge in [-0.25, -0.2) is 13.1 Å². The summed E-state index contributed by atoms with van der Waals surface area (Å²) < 4.78 is 27.3. The van der Waals surface area contributed by atoms with Gasteiger partial charge in [-0.2, -0.15) is 0 Å². The van der Waals surface area contributed by atoms with Crippen molar-refractivity contribution in [2.75, 3.05) is 19.6 Å². The predicted octanol–water partition coefficient (Wildman–Crippen LogP) is 1.50. The SMILES string of the molecule is O=[N+]([O-])c1cccc(CS(=O)(=O)NC2CCN(CC3CC3)C2)c1. The van der Waals surface area contributed by atoms with Gasteiger partial charge in [0.25, 0.3) is 5.69 Å². The lowest BCUT2D eigenvalue weighted by Crippen LogP contribution is -2.38. The summed E-state index contributed by atoms with van der Waals surface area (Å²) in [5, 5.41) is 10.8. The van der Waals surface area contributed by atoms with E-state index >= 15 is 0 Å². The van der Waals surface area contributed by atoms with Gasteiger partial charge in [0.05, 0.1) is 10.7 Å². The monoisotopic (exact) mass is 339 g/mol. The van der Waals surface area contributed by atoms with Gasteiger partial charge in [-0.3, -0.25) is 10.1 Å². The van der Waals surface area contributed by atoms with Gasteiger partial charge >= 0.3 is 0 Å². The van der Waals surface area contributed by atoms with Crippen molar-refractivity contribution in [3.05, 3.63) is 39.9 Å². The highest BCUT2D eigenvalue weighted by molar-refractivity contribution is 7.88. The summed E-state index contributed by atoms with van der Waals surface area (Å²) in [5.41, 5.74) is 0.341. The molecule has 1 saturated carbocycles. The molecule has 2 aliphatic rings. The summed E-state index contributed by atoms with van der Waals surface area (Å²) in [7, 11) is -3.50. The summed E-state index contributed by atoms with van der Waals surface area (Å²) in [6.45, 7) is 2.76. The molecule has 0 amide bonds. The number of nitro benzene ring substituents is 1. The molecule has 1 heterocycles. The van der Waals surface area contributed by atoms with Crippen molar-refractivity contribution in [1.82, 2.24) is 9.62 Å². The van der Waals surface area contributed by atoms with E-state index in [1.54, 1.807) is 6.07 Å². The van der Waals surface area contributed by atoms with Crippen molar-refractivity contribution in [3.8, 4) is 0 Å². The van der Waals surface area contributed by atoms with E-state index in [1.807, 2.05) is 0 Å². The van der Waals surface area contributed by atoms with Crippen molar-refractivity contribution in [2.45, 2.75) is 31.1 Å². The maximum Gasteiger partial charge on any atom is 0.269 e. The molecule has 0 radical (unpaired) electrons. The number of benzene rings is 1. The molecule has 1 aliphatic carbocycles. The third-order valence-corrected chi connectivity index (χ3v) is 5.72. The Labute approximate surface area is 135 Å². The summed E-state index contributed by atoms with van der Waals surface area (Å²) in [6, 6.07) is 5.72. The molecule has 8 heteroatoms. The molecule has 1 aromatic carbocycles. The second-order valence-corrected chi connectivity index (χ2v) is 8.25. The minimum atomic E-state index is -3.50. The van der Waals surface area contributed by atoms with Crippen LogP contribution >= 0.6 is 0 Å². The molecule has 23 heavy (non-hydrogen) atoms. The Bertz CT molecular complexity index is 688. The number of nitrogens with zero attached hydrogens (tertiary/aromatic N) is 2.